The van der Waals surface area contributed by atoms with Gasteiger partial charge in [-0.15, -0.1) is 0 Å². The molecule has 152 valence electrons. The topological polar surface area (TPSA) is 66.5 Å². The molecule has 28 heavy (non-hydrogen) atoms. The van der Waals surface area contributed by atoms with Gasteiger partial charge in [0.1, 0.15) is 6.04 Å². The van der Waals surface area contributed by atoms with Crippen LogP contribution in [0.3, 0.4) is 0 Å². The van der Waals surface area contributed by atoms with E-state index < -0.39 is 16.1 Å². The van der Waals surface area contributed by atoms with Crippen molar-refractivity contribution in [2.75, 3.05) is 22.9 Å². The molecule has 0 saturated heterocycles. The fourth-order valence-electron chi connectivity index (χ4n) is 2.78. The highest BCUT2D eigenvalue weighted by molar-refractivity contribution is 7.98. The predicted octanol–water partition coefficient (Wildman–Crippen LogP) is 3.85. The third-order valence-corrected chi connectivity index (χ3v) is 6.56. The van der Waals surface area contributed by atoms with E-state index in [0.29, 0.717) is 23.0 Å². The summed E-state index contributed by atoms with van der Waals surface area (Å²) >= 11 is 7.64. The van der Waals surface area contributed by atoms with Crippen LogP contribution in [0.2, 0.25) is 5.02 Å². The van der Waals surface area contributed by atoms with Crippen molar-refractivity contribution in [2.45, 2.75) is 25.6 Å². The molecule has 1 N–H and O–H groups in total. The number of hydrogen-bond donors (Lipinski definition) is 1. The molecule has 0 aromatic heterocycles. The van der Waals surface area contributed by atoms with E-state index in [-0.39, 0.29) is 5.91 Å². The number of nitrogens with zero attached hydrogens (tertiary/aromatic N) is 1. The number of thioether (sulfide) groups is 1. The molecule has 0 unspecified atom stereocenters. The van der Waals surface area contributed by atoms with Crippen molar-refractivity contribution in [3.05, 3.63) is 64.7 Å². The highest BCUT2D eigenvalue weighted by Crippen LogP contribution is 2.22. The number of anilines is 1. The monoisotopic (exact) mass is 440 g/mol. The first-order valence-electron chi connectivity index (χ1n) is 8.84. The number of nitrogens with one attached hydrogen (secondary N) is 1. The predicted molar refractivity (Wildman–Crippen MR) is 119 cm³/mol. The van der Waals surface area contributed by atoms with Crippen molar-refractivity contribution in [1.29, 1.82) is 0 Å². The lowest BCUT2D eigenvalue weighted by Crippen LogP contribution is -2.48. The van der Waals surface area contributed by atoms with E-state index in [2.05, 4.69) is 5.32 Å². The van der Waals surface area contributed by atoms with Crippen LogP contribution < -0.4 is 9.62 Å². The van der Waals surface area contributed by atoms with Crippen LogP contribution in [-0.2, 0) is 20.6 Å². The number of carbonyl (C=O) groups is 1. The molecule has 0 aliphatic carbocycles. The zero-order valence-corrected chi connectivity index (χ0v) is 18.6. The quantitative estimate of drug-likeness (QED) is 0.601. The zero-order valence-electron chi connectivity index (χ0n) is 16.2. The van der Waals surface area contributed by atoms with Gasteiger partial charge in [0.2, 0.25) is 15.9 Å². The van der Waals surface area contributed by atoms with Gasteiger partial charge < -0.3 is 5.32 Å². The molecule has 0 aliphatic heterocycles. The summed E-state index contributed by atoms with van der Waals surface area (Å²) in [6.45, 7) is 3.93. The standard InChI is InChI=1S/C20H25ClN2O3S2/c1-15-6-4-9-19(12-15)23(28(3,25)26)16(2)20(24)22-10-11-27-14-17-7-5-8-18(21)13-17/h4-9,12-13,16H,10-11,14H2,1-3H3,(H,22,24)/t16-/m1/s1. The fourth-order valence-corrected chi connectivity index (χ4v) is 4.97. The highest BCUT2D eigenvalue weighted by atomic mass is 35.5. The van der Waals surface area contributed by atoms with Gasteiger partial charge in [-0.2, -0.15) is 11.8 Å². The second-order valence-corrected chi connectivity index (χ2v) is 9.95. The van der Waals surface area contributed by atoms with Gasteiger partial charge in [0.15, 0.2) is 0 Å². The molecule has 0 radical (unpaired) electrons. The van der Waals surface area contributed by atoms with E-state index in [9.17, 15) is 13.2 Å². The van der Waals surface area contributed by atoms with Crippen molar-refractivity contribution in [2.24, 2.45) is 0 Å². The summed E-state index contributed by atoms with van der Waals surface area (Å²) in [5.41, 5.74) is 2.54. The number of hydrogen-bond acceptors (Lipinski definition) is 4. The Balaban J connectivity index is 1.90. The first-order chi connectivity index (χ1) is 13.2. The van der Waals surface area contributed by atoms with E-state index in [1.54, 1.807) is 36.9 Å². The van der Waals surface area contributed by atoms with E-state index >= 15 is 0 Å². The van der Waals surface area contributed by atoms with Crippen LogP contribution >= 0.6 is 23.4 Å². The van der Waals surface area contributed by atoms with Gasteiger partial charge in [0.05, 0.1) is 11.9 Å². The minimum absolute atomic E-state index is 0.324. The first kappa shape index (κ1) is 22.6. The largest absolute Gasteiger partial charge is 0.353 e. The van der Waals surface area contributed by atoms with Crippen molar-refractivity contribution >= 4 is 45.0 Å². The summed E-state index contributed by atoms with van der Waals surface area (Å²) in [4.78, 5) is 12.5. The van der Waals surface area contributed by atoms with Crippen LogP contribution in [0.4, 0.5) is 5.69 Å². The molecule has 0 bridgehead atoms. The van der Waals surface area contributed by atoms with Crippen molar-refractivity contribution < 1.29 is 13.2 Å². The van der Waals surface area contributed by atoms with Crippen molar-refractivity contribution in [1.82, 2.24) is 5.32 Å². The summed E-state index contributed by atoms with van der Waals surface area (Å²) in [5.74, 6) is 1.19. The van der Waals surface area contributed by atoms with Crippen LogP contribution in [0.25, 0.3) is 0 Å². The Morgan fingerprint density at radius 2 is 1.93 bits per heavy atom. The number of rotatable bonds is 9. The van der Waals surface area contributed by atoms with Crippen molar-refractivity contribution in [3.63, 3.8) is 0 Å². The average Bonchev–Trinajstić information content (AvgIpc) is 2.60. The van der Waals surface area contributed by atoms with Crippen LogP contribution in [0.1, 0.15) is 18.1 Å². The van der Waals surface area contributed by atoms with E-state index in [1.165, 1.54) is 0 Å². The number of benzene rings is 2. The summed E-state index contributed by atoms with van der Waals surface area (Å²) in [6, 6.07) is 13.9. The Kier molecular flexibility index (Phi) is 8.22. The molecule has 2 aromatic carbocycles. The van der Waals surface area contributed by atoms with Gasteiger partial charge >= 0.3 is 0 Å². The number of halogens is 1. The van der Waals surface area contributed by atoms with Crippen LogP contribution in [-0.4, -0.2) is 38.9 Å². The van der Waals surface area contributed by atoms with E-state index in [4.69, 9.17) is 11.6 Å². The fraction of sp³-hybridized carbons (Fsp3) is 0.350. The lowest BCUT2D eigenvalue weighted by molar-refractivity contribution is -0.121. The molecule has 0 spiro atoms. The maximum atomic E-state index is 12.5. The maximum absolute atomic E-state index is 12.5. The average molecular weight is 441 g/mol. The normalized spacial score (nSPS) is 12.4. The van der Waals surface area contributed by atoms with E-state index in [1.807, 2.05) is 37.3 Å². The second-order valence-electron chi connectivity index (χ2n) is 6.55. The minimum Gasteiger partial charge on any atom is -0.353 e. The summed E-state index contributed by atoms with van der Waals surface area (Å²) in [6.07, 6.45) is 1.11. The lowest BCUT2D eigenvalue weighted by atomic mass is 10.2. The Morgan fingerprint density at radius 3 is 2.57 bits per heavy atom. The molecule has 8 heteroatoms. The summed E-state index contributed by atoms with van der Waals surface area (Å²) < 4.78 is 25.7. The number of aryl methyl sites for hydroxylation is 1. The molecular formula is C20H25ClN2O3S2. The summed E-state index contributed by atoms with van der Waals surface area (Å²) in [7, 11) is -3.60. The molecule has 2 aromatic rings. The molecule has 5 nitrogen and oxygen atoms in total. The second kappa shape index (κ2) is 10.2. The molecule has 0 aliphatic rings. The van der Waals surface area contributed by atoms with Crippen LogP contribution in [0.5, 0.6) is 0 Å². The molecular weight excluding hydrogens is 416 g/mol. The Labute approximate surface area is 176 Å². The first-order valence-corrected chi connectivity index (χ1v) is 12.2. The molecule has 0 saturated carbocycles. The lowest BCUT2D eigenvalue weighted by Gasteiger charge is -2.28. The number of amides is 1. The van der Waals surface area contributed by atoms with Gasteiger partial charge in [-0.25, -0.2) is 8.42 Å². The molecule has 0 heterocycles. The van der Waals surface area contributed by atoms with Gasteiger partial charge in [0.25, 0.3) is 0 Å². The third kappa shape index (κ3) is 6.72. The molecule has 1 atom stereocenters. The van der Waals surface area contributed by atoms with Gasteiger partial charge in [-0.05, 0) is 49.2 Å². The van der Waals surface area contributed by atoms with Crippen molar-refractivity contribution in [3.8, 4) is 0 Å². The maximum Gasteiger partial charge on any atom is 0.243 e. The van der Waals surface area contributed by atoms with E-state index in [0.717, 1.165) is 27.4 Å². The Morgan fingerprint density at radius 1 is 1.21 bits per heavy atom. The van der Waals surface area contributed by atoms with Crippen LogP contribution in [0, 0.1) is 6.92 Å². The number of carbonyl (C=O) groups excluding carboxylic acids is 1. The molecule has 1 amide bonds. The Bertz CT molecular complexity index is 919. The third-order valence-electron chi connectivity index (χ3n) is 4.05. The highest BCUT2D eigenvalue weighted by Gasteiger charge is 2.28. The molecule has 2 rings (SSSR count). The van der Waals surface area contributed by atoms with Crippen LogP contribution in [0.15, 0.2) is 48.5 Å². The van der Waals surface area contributed by atoms with Gasteiger partial charge in [0, 0.05) is 23.1 Å². The smallest absolute Gasteiger partial charge is 0.243 e. The summed E-state index contributed by atoms with van der Waals surface area (Å²) in [5, 5.41) is 3.53. The van der Waals surface area contributed by atoms with Gasteiger partial charge in [-0.1, -0.05) is 35.9 Å². The van der Waals surface area contributed by atoms with Gasteiger partial charge in [-0.3, -0.25) is 9.10 Å². The Hall–Kier alpha value is -1.70. The molecule has 0 fully saturated rings. The zero-order chi connectivity index (χ0) is 20.7. The number of sulfonamides is 1. The SMILES string of the molecule is Cc1cccc(N([C@H](C)C(=O)NCCSCc2cccc(Cl)c2)S(C)(=O)=O)c1. The minimum atomic E-state index is -3.60.